The first-order valence-electron chi connectivity index (χ1n) is 11.1. The van der Waals surface area contributed by atoms with Crippen LogP contribution in [0.15, 0.2) is 0 Å². The van der Waals surface area contributed by atoms with Crippen LogP contribution in [-0.2, 0) is 6.54 Å². The molecule has 0 heterocycles. The fourth-order valence-electron chi connectivity index (χ4n) is 4.38. The van der Waals surface area contributed by atoms with Gasteiger partial charge in [0.1, 0.15) is 6.54 Å². The number of quaternary nitrogens is 1. The Morgan fingerprint density at radius 2 is 0.370 bits per heavy atom. The maximum Gasteiger partial charge on any atom is 0.226 e. The average Bonchev–Trinajstić information content (AvgIpc) is 3.02. The van der Waals surface area contributed by atoms with E-state index in [1.54, 1.807) is 0 Å². The van der Waals surface area contributed by atoms with Gasteiger partial charge in [-0.3, -0.25) is 0 Å². The van der Waals surface area contributed by atoms with Crippen molar-refractivity contribution in [2.75, 3.05) is 0 Å². The first kappa shape index (κ1) is 34.3. The highest BCUT2D eigenvalue weighted by Gasteiger charge is 2.56. The summed E-state index contributed by atoms with van der Waals surface area (Å²) in [6.45, 7) is -3.33. The molecule has 0 fully saturated rings. The summed E-state index contributed by atoms with van der Waals surface area (Å²) in [6.07, 6.45) is 0. The third kappa shape index (κ3) is 4.45. The summed E-state index contributed by atoms with van der Waals surface area (Å²) in [6, 6.07) is 0. The molecule has 0 atom stereocenters. The van der Waals surface area contributed by atoms with E-state index in [0.717, 1.165) is 0 Å². The number of benzene rings is 4. The van der Waals surface area contributed by atoms with Gasteiger partial charge in [0.25, 0.3) is 0 Å². The minimum absolute atomic E-state index is 2.85. The minimum Gasteiger partial charge on any atom is -0.207 e. The van der Waals surface area contributed by atoms with E-state index >= 15 is 26.3 Å². The summed E-state index contributed by atoms with van der Waals surface area (Å²) in [7, 11) is 0. The number of halogens is 20. The molecular weight excluding hydrogens is 694 g/mol. The predicted molar refractivity (Wildman–Crippen MR) is 110 cm³/mol. The average molecular weight is 696 g/mol. The van der Waals surface area contributed by atoms with Crippen molar-refractivity contribution in [3.8, 4) is 0 Å². The fraction of sp³-hybridized carbons (Fsp3) is 0.0400. The summed E-state index contributed by atoms with van der Waals surface area (Å²) in [5, 5.41) is 0. The Bertz CT molecular complexity index is 1700. The smallest absolute Gasteiger partial charge is 0.207 e. The van der Waals surface area contributed by atoms with Crippen LogP contribution in [-0.4, -0.2) is 0 Å². The molecule has 0 spiro atoms. The van der Waals surface area contributed by atoms with Gasteiger partial charge in [0.15, 0.2) is 23.3 Å². The molecule has 0 bridgehead atoms. The zero-order valence-corrected chi connectivity index (χ0v) is 20.7. The van der Waals surface area contributed by atoms with Crippen molar-refractivity contribution in [1.29, 1.82) is 0 Å². The molecule has 4 rings (SSSR count). The first-order valence-corrected chi connectivity index (χ1v) is 11.1. The van der Waals surface area contributed by atoms with Crippen molar-refractivity contribution in [2.45, 2.75) is 6.54 Å². The van der Waals surface area contributed by atoms with Crippen LogP contribution < -0.4 is 4.48 Å². The Hall–Kier alpha value is -4.56. The largest absolute Gasteiger partial charge is 0.226 e. The predicted octanol–water partition coefficient (Wildman–Crippen LogP) is 9.64. The van der Waals surface area contributed by atoms with Crippen molar-refractivity contribution in [2.24, 2.45) is 0 Å². The summed E-state index contributed by atoms with van der Waals surface area (Å²) in [5.74, 6) is -68.0. The van der Waals surface area contributed by atoms with E-state index in [1.807, 2.05) is 0 Å². The lowest BCUT2D eigenvalue weighted by atomic mass is 10.0. The molecule has 4 aromatic carbocycles. The summed E-state index contributed by atoms with van der Waals surface area (Å²) < 4.78 is 287. The first-order chi connectivity index (χ1) is 21.2. The van der Waals surface area contributed by atoms with Gasteiger partial charge in [-0.2, -0.15) is 26.3 Å². The Labute approximate surface area is 238 Å². The number of nitrogens with zero attached hydrogens (tertiary/aromatic N) is 1. The molecule has 0 saturated carbocycles. The monoisotopic (exact) mass is 696 g/mol. The van der Waals surface area contributed by atoms with Gasteiger partial charge >= 0.3 is 0 Å². The molecule has 0 aliphatic rings. The lowest BCUT2D eigenvalue weighted by molar-refractivity contribution is 0.302. The molecule has 4 aromatic rings. The lowest BCUT2D eigenvalue weighted by Crippen LogP contribution is -2.45. The summed E-state index contributed by atoms with van der Waals surface area (Å²) >= 11 is 0. The zero-order chi connectivity index (χ0) is 35.1. The van der Waals surface area contributed by atoms with Crippen molar-refractivity contribution < 1.29 is 87.8 Å². The van der Waals surface area contributed by atoms with Gasteiger partial charge in [-0.1, -0.05) is 0 Å². The lowest BCUT2D eigenvalue weighted by Gasteiger charge is -2.38. The standard InChI is InChI=1S/C25H2F20N/c26-3-2(4(27)6(29)7(30)5(3)28)1-46(23-17(40)11(34)8(31)12(35)18(23)41,24-19(42)13(36)9(32)14(37)20(24)43)25-21(44)15(38)10(33)16(39)22(25)45/h1H2/q+1. The van der Waals surface area contributed by atoms with Gasteiger partial charge in [0.2, 0.25) is 110 Å². The molecule has 0 aromatic heterocycles. The van der Waals surface area contributed by atoms with E-state index < -0.39 is 150 Å². The topological polar surface area (TPSA) is 0 Å². The molecule has 0 aliphatic heterocycles. The Balaban J connectivity index is 2.54. The zero-order valence-electron chi connectivity index (χ0n) is 20.7. The Morgan fingerprint density at radius 1 is 0.217 bits per heavy atom. The van der Waals surface area contributed by atoms with E-state index in [0.29, 0.717) is 0 Å². The number of hydrogen-bond acceptors (Lipinski definition) is 0. The van der Waals surface area contributed by atoms with Crippen LogP contribution in [0.3, 0.4) is 0 Å². The van der Waals surface area contributed by atoms with Crippen LogP contribution in [0.5, 0.6) is 0 Å². The molecule has 0 aliphatic carbocycles. The normalized spacial score (nSPS) is 12.0. The van der Waals surface area contributed by atoms with Gasteiger partial charge in [0, 0.05) is 0 Å². The molecule has 0 radical (unpaired) electrons. The molecule has 0 amide bonds. The van der Waals surface area contributed by atoms with Gasteiger partial charge in [-0.15, -0.1) is 0 Å². The second-order valence-corrected chi connectivity index (χ2v) is 8.77. The maximum absolute atomic E-state index is 15.3. The van der Waals surface area contributed by atoms with E-state index in [1.165, 1.54) is 0 Å². The van der Waals surface area contributed by atoms with Crippen LogP contribution in [0, 0.1) is 116 Å². The van der Waals surface area contributed by atoms with Gasteiger partial charge in [-0.25, -0.2) is 65.9 Å². The highest BCUT2D eigenvalue weighted by molar-refractivity contribution is 5.74. The summed E-state index contributed by atoms with van der Waals surface area (Å²) in [5.41, 5.74) is -13.1. The van der Waals surface area contributed by atoms with Crippen LogP contribution in [0.25, 0.3) is 0 Å². The van der Waals surface area contributed by atoms with Gasteiger partial charge < -0.3 is 0 Å². The van der Waals surface area contributed by atoms with Crippen LogP contribution >= 0.6 is 0 Å². The Kier molecular flexibility index (Phi) is 8.47. The van der Waals surface area contributed by atoms with Crippen molar-refractivity contribution in [1.82, 2.24) is 4.48 Å². The number of hydrogen-bond donors (Lipinski definition) is 0. The van der Waals surface area contributed by atoms with Crippen molar-refractivity contribution >= 4 is 17.1 Å². The van der Waals surface area contributed by atoms with Gasteiger partial charge in [0.05, 0.1) is 5.56 Å². The van der Waals surface area contributed by atoms with E-state index in [4.69, 9.17) is 0 Å². The van der Waals surface area contributed by atoms with Crippen LogP contribution in [0.1, 0.15) is 5.56 Å². The third-order valence-corrected chi connectivity index (χ3v) is 6.40. The molecule has 246 valence electrons. The third-order valence-electron chi connectivity index (χ3n) is 6.40. The minimum atomic E-state index is -4.43. The Morgan fingerprint density at radius 3 is 0.565 bits per heavy atom. The van der Waals surface area contributed by atoms with Crippen molar-refractivity contribution in [3.05, 3.63) is 122 Å². The molecule has 0 N–H and O–H groups in total. The highest BCUT2D eigenvalue weighted by atomic mass is 19.2. The van der Waals surface area contributed by atoms with Gasteiger partial charge in [-0.05, 0) is 0 Å². The quantitative estimate of drug-likeness (QED) is 0.0845. The highest BCUT2D eigenvalue weighted by Crippen LogP contribution is 2.55. The van der Waals surface area contributed by atoms with E-state index in [-0.39, 0.29) is 0 Å². The second kappa shape index (κ2) is 11.4. The molecule has 0 saturated heterocycles. The fourth-order valence-corrected chi connectivity index (χ4v) is 4.38. The number of rotatable bonds is 5. The van der Waals surface area contributed by atoms with Crippen LogP contribution in [0.2, 0.25) is 0 Å². The van der Waals surface area contributed by atoms with Crippen molar-refractivity contribution in [3.63, 3.8) is 0 Å². The van der Waals surface area contributed by atoms with E-state index in [2.05, 4.69) is 0 Å². The second-order valence-electron chi connectivity index (χ2n) is 8.77. The molecule has 0 unspecified atom stereocenters. The van der Waals surface area contributed by atoms with Crippen LogP contribution in [0.4, 0.5) is 105 Å². The molecular formula is C25H2F20N+. The molecule has 46 heavy (non-hydrogen) atoms. The molecule has 1 nitrogen and oxygen atoms in total. The summed E-state index contributed by atoms with van der Waals surface area (Å²) in [4.78, 5) is 0. The maximum atomic E-state index is 15.3. The van der Waals surface area contributed by atoms with E-state index in [9.17, 15) is 61.5 Å². The molecule has 21 heteroatoms. The SMILES string of the molecule is Fc1c(F)c(F)c(C[N+](c2c(F)c(F)c(F)c(F)c2F)(c2c(F)c(F)c(F)c(F)c2F)c2c(F)c(F)c(F)c(F)c2F)c(F)c1F.